The van der Waals surface area contributed by atoms with E-state index in [9.17, 15) is 0 Å². The van der Waals surface area contributed by atoms with Crippen molar-refractivity contribution in [1.29, 1.82) is 0 Å². The van der Waals surface area contributed by atoms with E-state index in [2.05, 4.69) is 39.6 Å². The number of hydrogen-bond donors (Lipinski definition) is 1. The molecular weight excluding hydrogens is 212 g/mol. The van der Waals surface area contributed by atoms with Gasteiger partial charge in [-0.1, -0.05) is 6.08 Å². The Morgan fingerprint density at radius 2 is 2.47 bits per heavy atom. The number of hydrogen-bond acceptors (Lipinski definition) is 3. The van der Waals surface area contributed by atoms with Crippen LogP contribution in [0.3, 0.4) is 0 Å². The summed E-state index contributed by atoms with van der Waals surface area (Å²) in [6, 6.07) is 0.544. The first-order valence-electron chi connectivity index (χ1n) is 6.29. The molecule has 0 spiro atoms. The van der Waals surface area contributed by atoms with Gasteiger partial charge in [-0.25, -0.2) is 4.98 Å². The molecule has 1 atom stereocenters. The maximum Gasteiger partial charge on any atom is 0.203 e. The predicted octanol–water partition coefficient (Wildman–Crippen LogP) is 2.06. The number of aryl methyl sites for hydroxylation is 1. The van der Waals surface area contributed by atoms with Gasteiger partial charge < -0.3 is 14.8 Å². The highest BCUT2D eigenvalue weighted by Crippen LogP contribution is 2.24. The molecule has 4 nitrogen and oxygen atoms in total. The standard InChI is InChI=1S/C13H22N4/c1-4-7-14-13-15-11(2)9-17(13)12-6-5-8-16(3)10-12/h4,9,12H,1,5-8,10H2,2-3H3,(H,14,15). The molecule has 0 amide bonds. The number of likely N-dealkylation sites (tertiary alicyclic amines) is 1. The summed E-state index contributed by atoms with van der Waals surface area (Å²) in [5.74, 6) is 0.975. The summed E-state index contributed by atoms with van der Waals surface area (Å²) >= 11 is 0. The van der Waals surface area contributed by atoms with E-state index in [0.29, 0.717) is 6.04 Å². The number of imidazole rings is 1. The van der Waals surface area contributed by atoms with Crippen LogP contribution in [0.4, 0.5) is 5.95 Å². The Morgan fingerprint density at radius 3 is 3.18 bits per heavy atom. The first-order valence-corrected chi connectivity index (χ1v) is 6.29. The van der Waals surface area contributed by atoms with Crippen molar-refractivity contribution in [3.63, 3.8) is 0 Å². The summed E-state index contributed by atoms with van der Waals surface area (Å²) in [6.45, 7) is 8.85. The molecular formula is C13H22N4. The SMILES string of the molecule is C=CCNc1nc(C)cn1C1CCCN(C)C1. The minimum absolute atomic E-state index is 0.544. The van der Waals surface area contributed by atoms with Crippen LogP contribution >= 0.6 is 0 Å². The molecule has 1 saturated heterocycles. The number of rotatable bonds is 4. The summed E-state index contributed by atoms with van der Waals surface area (Å²) in [7, 11) is 2.19. The molecule has 17 heavy (non-hydrogen) atoms. The van der Waals surface area contributed by atoms with Crippen LogP contribution in [0, 0.1) is 6.92 Å². The number of nitrogens with zero attached hydrogens (tertiary/aromatic N) is 3. The molecule has 1 aromatic heterocycles. The van der Waals surface area contributed by atoms with E-state index in [1.54, 1.807) is 0 Å². The fourth-order valence-electron chi connectivity index (χ4n) is 2.45. The van der Waals surface area contributed by atoms with E-state index >= 15 is 0 Å². The van der Waals surface area contributed by atoms with Gasteiger partial charge in [0.1, 0.15) is 0 Å². The molecule has 0 saturated carbocycles. The van der Waals surface area contributed by atoms with E-state index in [4.69, 9.17) is 0 Å². The number of likely N-dealkylation sites (N-methyl/N-ethyl adjacent to an activating group) is 1. The quantitative estimate of drug-likeness (QED) is 0.809. The molecule has 4 heteroatoms. The highest BCUT2D eigenvalue weighted by atomic mass is 15.2. The van der Waals surface area contributed by atoms with Gasteiger partial charge in [-0.15, -0.1) is 6.58 Å². The van der Waals surface area contributed by atoms with E-state index in [0.717, 1.165) is 24.7 Å². The van der Waals surface area contributed by atoms with Gasteiger partial charge in [-0.2, -0.15) is 0 Å². The molecule has 0 aliphatic carbocycles. The summed E-state index contributed by atoms with van der Waals surface area (Å²) < 4.78 is 2.29. The summed E-state index contributed by atoms with van der Waals surface area (Å²) in [5.41, 5.74) is 1.07. The van der Waals surface area contributed by atoms with Crippen molar-refractivity contribution in [2.45, 2.75) is 25.8 Å². The van der Waals surface area contributed by atoms with Crippen LogP contribution in [0.25, 0.3) is 0 Å². The molecule has 1 unspecified atom stereocenters. The van der Waals surface area contributed by atoms with Crippen LogP contribution < -0.4 is 5.32 Å². The number of nitrogens with one attached hydrogen (secondary N) is 1. The Balaban J connectivity index is 2.15. The van der Waals surface area contributed by atoms with Crippen molar-refractivity contribution < 1.29 is 0 Å². The molecule has 1 aliphatic rings. The molecule has 0 bridgehead atoms. The highest BCUT2D eigenvalue weighted by Gasteiger charge is 2.21. The van der Waals surface area contributed by atoms with E-state index in [1.807, 2.05) is 13.0 Å². The lowest BCUT2D eigenvalue weighted by Gasteiger charge is -2.31. The smallest absolute Gasteiger partial charge is 0.203 e. The van der Waals surface area contributed by atoms with Crippen LogP contribution in [-0.4, -0.2) is 41.1 Å². The molecule has 1 aromatic rings. The van der Waals surface area contributed by atoms with Gasteiger partial charge in [0, 0.05) is 25.3 Å². The van der Waals surface area contributed by atoms with E-state index in [-0.39, 0.29) is 0 Å². The third kappa shape index (κ3) is 2.88. The number of aromatic nitrogens is 2. The largest absolute Gasteiger partial charge is 0.352 e. The predicted molar refractivity (Wildman–Crippen MR) is 71.4 cm³/mol. The normalized spacial score (nSPS) is 21.4. The van der Waals surface area contributed by atoms with Crippen molar-refractivity contribution in [1.82, 2.24) is 14.5 Å². The number of piperidine rings is 1. The molecule has 0 radical (unpaired) electrons. The lowest BCUT2D eigenvalue weighted by atomic mass is 10.1. The molecule has 2 heterocycles. The zero-order valence-electron chi connectivity index (χ0n) is 10.8. The minimum atomic E-state index is 0.544. The minimum Gasteiger partial charge on any atom is -0.352 e. The maximum atomic E-state index is 4.53. The summed E-state index contributed by atoms with van der Waals surface area (Å²) in [4.78, 5) is 6.92. The average Bonchev–Trinajstić information content (AvgIpc) is 2.68. The fourth-order valence-corrected chi connectivity index (χ4v) is 2.45. The second-order valence-corrected chi connectivity index (χ2v) is 4.84. The van der Waals surface area contributed by atoms with Crippen LogP contribution in [0.15, 0.2) is 18.9 Å². The van der Waals surface area contributed by atoms with E-state index in [1.165, 1.54) is 19.4 Å². The van der Waals surface area contributed by atoms with Crippen LogP contribution in [0.2, 0.25) is 0 Å². The second kappa shape index (κ2) is 5.36. The van der Waals surface area contributed by atoms with Gasteiger partial charge in [0.2, 0.25) is 5.95 Å². The zero-order valence-corrected chi connectivity index (χ0v) is 10.8. The van der Waals surface area contributed by atoms with Crippen molar-refractivity contribution >= 4 is 5.95 Å². The van der Waals surface area contributed by atoms with Gasteiger partial charge in [0.05, 0.1) is 5.69 Å². The van der Waals surface area contributed by atoms with Crippen molar-refractivity contribution in [2.75, 3.05) is 32.0 Å². The lowest BCUT2D eigenvalue weighted by molar-refractivity contribution is 0.213. The van der Waals surface area contributed by atoms with Crippen LogP contribution in [-0.2, 0) is 0 Å². The molecule has 1 N–H and O–H groups in total. The zero-order chi connectivity index (χ0) is 12.3. The Hall–Kier alpha value is -1.29. The number of anilines is 1. The Morgan fingerprint density at radius 1 is 1.65 bits per heavy atom. The van der Waals surface area contributed by atoms with Gasteiger partial charge in [-0.3, -0.25) is 0 Å². The Bertz CT molecular complexity index is 383. The van der Waals surface area contributed by atoms with Crippen molar-refractivity contribution in [2.24, 2.45) is 0 Å². The van der Waals surface area contributed by atoms with Crippen LogP contribution in [0.5, 0.6) is 0 Å². The van der Waals surface area contributed by atoms with Gasteiger partial charge >= 0.3 is 0 Å². The molecule has 1 fully saturated rings. The monoisotopic (exact) mass is 234 g/mol. The van der Waals surface area contributed by atoms with Crippen LogP contribution in [0.1, 0.15) is 24.6 Å². The Kier molecular flexibility index (Phi) is 3.84. The van der Waals surface area contributed by atoms with Crippen molar-refractivity contribution in [3.05, 3.63) is 24.5 Å². The van der Waals surface area contributed by atoms with Gasteiger partial charge in [0.15, 0.2) is 0 Å². The first kappa shape index (κ1) is 12.2. The first-order chi connectivity index (χ1) is 8.20. The highest BCUT2D eigenvalue weighted by molar-refractivity contribution is 5.30. The van der Waals surface area contributed by atoms with Crippen molar-refractivity contribution in [3.8, 4) is 0 Å². The average molecular weight is 234 g/mol. The molecule has 2 rings (SSSR count). The molecule has 94 valence electrons. The molecule has 0 aromatic carbocycles. The fraction of sp³-hybridized carbons (Fsp3) is 0.615. The van der Waals surface area contributed by atoms with Gasteiger partial charge in [-0.05, 0) is 33.4 Å². The summed E-state index contributed by atoms with van der Waals surface area (Å²) in [5, 5.41) is 3.31. The third-order valence-corrected chi connectivity index (χ3v) is 3.25. The van der Waals surface area contributed by atoms with Gasteiger partial charge in [0.25, 0.3) is 0 Å². The second-order valence-electron chi connectivity index (χ2n) is 4.84. The topological polar surface area (TPSA) is 33.1 Å². The lowest BCUT2D eigenvalue weighted by Crippen LogP contribution is -2.33. The Labute approximate surface area is 103 Å². The summed E-state index contributed by atoms with van der Waals surface area (Å²) in [6.07, 6.45) is 6.51. The van der Waals surface area contributed by atoms with E-state index < -0.39 is 0 Å². The third-order valence-electron chi connectivity index (χ3n) is 3.25. The maximum absolute atomic E-state index is 4.53. The molecule has 1 aliphatic heterocycles.